The van der Waals surface area contributed by atoms with Gasteiger partial charge >= 0.3 is 5.96 Å². The molecule has 0 bridgehead atoms. The molecule has 3 aliphatic heterocycles. The lowest BCUT2D eigenvalue weighted by atomic mass is 9.81. The molecule has 0 spiro atoms. The summed E-state index contributed by atoms with van der Waals surface area (Å²) in [4.78, 5) is 42.9. The lowest BCUT2D eigenvalue weighted by Crippen LogP contribution is -2.62. The molecule has 0 aromatic rings. The number of ether oxygens (including phenoxy) is 3. The summed E-state index contributed by atoms with van der Waals surface area (Å²) in [7, 11) is -4.09. The number of guanidine groups is 1. The normalized spacial score (nSPS) is 32.9. The van der Waals surface area contributed by atoms with Crippen molar-refractivity contribution >= 4 is 34.1 Å². The average molecular weight is 781 g/mol. The second-order valence-electron chi connectivity index (χ2n) is 14.1. The summed E-state index contributed by atoms with van der Waals surface area (Å²) in [6.45, 7) is 2.84. The van der Waals surface area contributed by atoms with Gasteiger partial charge in [0.2, 0.25) is 22.2 Å². The van der Waals surface area contributed by atoms with Gasteiger partial charge in [0.15, 0.2) is 12.4 Å². The van der Waals surface area contributed by atoms with Crippen molar-refractivity contribution in [3.63, 3.8) is 0 Å². The molecule has 302 valence electrons. The first-order valence-electron chi connectivity index (χ1n) is 17.3. The van der Waals surface area contributed by atoms with E-state index in [4.69, 9.17) is 25.7 Å². The van der Waals surface area contributed by atoms with E-state index >= 15 is 0 Å². The van der Waals surface area contributed by atoms with Gasteiger partial charge in [-0.1, -0.05) is 13.8 Å². The Morgan fingerprint density at radius 2 is 1.81 bits per heavy atom. The number of aliphatic hydroxyl groups excluding tert-OH is 5. The highest BCUT2D eigenvalue weighted by molar-refractivity contribution is 7.80. The van der Waals surface area contributed by atoms with E-state index in [2.05, 4.69) is 14.8 Å². The summed E-state index contributed by atoms with van der Waals surface area (Å²) in [6.07, 6.45) is -9.34. The topological polar surface area (TPSA) is 329 Å². The molecular weight excluding hydrogens is 728 g/mol. The minimum Gasteiger partial charge on any atom is -0.726 e. The summed E-state index contributed by atoms with van der Waals surface area (Å²) in [5.74, 6) is -2.98. The summed E-state index contributed by atoms with van der Waals surface area (Å²) in [6, 6.07) is -3.11. The van der Waals surface area contributed by atoms with Gasteiger partial charge < -0.3 is 59.8 Å². The minimum absolute atomic E-state index is 0.0471. The number of nitrogens with zero attached hydrogens (tertiary/aromatic N) is 2. The van der Waals surface area contributed by atoms with Crippen LogP contribution in [0.3, 0.4) is 0 Å². The molecule has 11 N–H and O–H groups in total. The molecule has 53 heavy (non-hydrogen) atoms. The Labute approximate surface area is 306 Å². The number of nitrogens with one attached hydrogen (secondary N) is 2. The van der Waals surface area contributed by atoms with E-state index in [9.17, 15) is 52.9 Å². The molecule has 0 aromatic heterocycles. The molecule has 0 aromatic carbocycles. The van der Waals surface area contributed by atoms with Gasteiger partial charge in [-0.2, -0.15) is 0 Å². The van der Waals surface area contributed by atoms with Crippen LogP contribution in [0.1, 0.15) is 39.5 Å². The first-order chi connectivity index (χ1) is 24.9. The number of rotatable bonds is 15. The van der Waals surface area contributed by atoms with E-state index in [1.807, 2.05) is 6.08 Å². The Kier molecular flexibility index (Phi) is 14.6. The van der Waals surface area contributed by atoms with Crippen LogP contribution in [-0.4, -0.2) is 179 Å². The first-order valence-corrected chi connectivity index (χ1v) is 18.7. The number of amides is 3. The Morgan fingerprint density at radius 1 is 1.11 bits per heavy atom. The molecule has 3 amide bonds. The molecule has 2 saturated heterocycles. The van der Waals surface area contributed by atoms with Crippen LogP contribution < -0.4 is 22.1 Å². The summed E-state index contributed by atoms with van der Waals surface area (Å²) in [5.41, 5.74) is 12.4. The zero-order chi connectivity index (χ0) is 39.4. The van der Waals surface area contributed by atoms with Gasteiger partial charge in [-0.05, 0) is 49.2 Å². The number of likely N-dealkylation sites (tertiary alicyclic amines) is 1. The molecule has 3 fully saturated rings. The number of fused-ring (bicyclic) bond motifs is 1. The summed E-state index contributed by atoms with van der Waals surface area (Å²) in [5, 5.41) is 57.2. The molecule has 0 radical (unpaired) electrons. The van der Waals surface area contributed by atoms with Gasteiger partial charge in [-0.3, -0.25) is 34.6 Å². The zero-order valence-electron chi connectivity index (χ0n) is 29.7. The van der Waals surface area contributed by atoms with Gasteiger partial charge in [-0.15, -0.1) is 0 Å². The Bertz CT molecular complexity index is 1490. The largest absolute Gasteiger partial charge is 0.726 e. The van der Waals surface area contributed by atoms with Crippen molar-refractivity contribution in [3.8, 4) is 0 Å². The van der Waals surface area contributed by atoms with Crippen LogP contribution in [-0.2, 0) is 43.2 Å². The standard InChI is InChI=1S/C31H52N6O15S/c1-14(2)23(35-28(44)22(49-3)13-50-53(46,47)48)29(45)37-17-10-20(51-30-26(42)25(41)24(40)21(12-38)52-30)19(39)9-16(17)8-18(37)27(43)34-6-4-15-5-7-36(11-15)31(32)33/h5,14,16-26,30,38-42H,4,6-13H2,1-3H3,(H6,32,33,34,35,43,44,46,47,48)/t16-,17+,18+,19+,20+,21-,22?,23?,24-,25+,26-,30+/m1/s1. The number of hydrogen-bond acceptors (Lipinski definition) is 15. The SMILES string of the molecule is COC(COS(=O)(=O)[O-])C(=O)NC(C(=O)N1[C@H](C(=O)NCCC2=CC[N+](=C(N)N)C2)C[C@@H]2C[C@H](O)[C@@H](O[C@H]3O[C@H](CO)[C@@H](O)[C@H](O)[C@H]3O)C[C@@H]21)C(C)C. The van der Waals surface area contributed by atoms with Crippen LogP contribution >= 0.6 is 0 Å². The average Bonchev–Trinajstić information content (AvgIpc) is 3.72. The molecule has 22 heteroatoms. The molecule has 4 rings (SSSR count). The number of carbonyl (C=O) groups is 3. The third-order valence-electron chi connectivity index (χ3n) is 10.2. The Hall–Kier alpha value is -3.03. The second-order valence-corrected chi connectivity index (χ2v) is 15.1. The third-order valence-corrected chi connectivity index (χ3v) is 10.6. The maximum atomic E-state index is 14.5. The number of aliphatic hydroxyl groups is 5. The van der Waals surface area contributed by atoms with Crippen molar-refractivity contribution < 1.29 is 75.9 Å². The van der Waals surface area contributed by atoms with Crippen molar-refractivity contribution in [1.82, 2.24) is 15.5 Å². The number of nitrogens with two attached hydrogens (primary N) is 2. The molecule has 21 nitrogen and oxygen atoms in total. The van der Waals surface area contributed by atoms with Crippen molar-refractivity contribution in [2.45, 2.75) is 107 Å². The van der Waals surface area contributed by atoms with E-state index in [-0.39, 0.29) is 31.8 Å². The summed E-state index contributed by atoms with van der Waals surface area (Å²) < 4.78 is 55.4. The number of carbonyl (C=O) groups excluding carboxylic acids is 3. The fourth-order valence-corrected chi connectivity index (χ4v) is 7.54. The fourth-order valence-electron chi connectivity index (χ4n) is 7.25. The highest BCUT2D eigenvalue weighted by atomic mass is 32.3. The quantitative estimate of drug-likeness (QED) is 0.0246. The lowest BCUT2D eigenvalue weighted by molar-refractivity contribution is -0.503. The lowest BCUT2D eigenvalue weighted by Gasteiger charge is -2.44. The van der Waals surface area contributed by atoms with E-state index in [1.165, 1.54) is 4.90 Å². The number of methoxy groups -OCH3 is 1. The van der Waals surface area contributed by atoms with Crippen molar-refractivity contribution in [3.05, 3.63) is 11.6 Å². The van der Waals surface area contributed by atoms with E-state index in [1.54, 1.807) is 18.4 Å². The van der Waals surface area contributed by atoms with E-state index in [0.29, 0.717) is 19.5 Å². The second kappa shape index (κ2) is 18.1. The van der Waals surface area contributed by atoms with Crippen molar-refractivity contribution in [2.24, 2.45) is 23.3 Å². The van der Waals surface area contributed by atoms with Crippen molar-refractivity contribution in [2.75, 3.05) is 40.0 Å². The molecule has 1 saturated carbocycles. The van der Waals surface area contributed by atoms with Gasteiger partial charge in [-0.25, -0.2) is 8.42 Å². The molecular formula is C31H52N6O15S. The minimum atomic E-state index is -5.16. The van der Waals surface area contributed by atoms with Crippen molar-refractivity contribution in [1.29, 1.82) is 0 Å². The molecule has 3 heterocycles. The molecule has 1 aliphatic carbocycles. The highest BCUT2D eigenvalue weighted by Crippen LogP contribution is 2.42. The first kappa shape index (κ1) is 42.7. The van der Waals surface area contributed by atoms with Crippen LogP contribution in [0, 0.1) is 11.8 Å². The number of hydrogen-bond donors (Lipinski definition) is 9. The monoisotopic (exact) mass is 780 g/mol. The molecule has 4 aliphatic rings. The molecule has 12 atom stereocenters. The van der Waals surface area contributed by atoms with Crippen LogP contribution in [0.5, 0.6) is 0 Å². The highest BCUT2D eigenvalue weighted by Gasteiger charge is 2.54. The predicted octanol–water partition coefficient (Wildman–Crippen LogP) is -5.72. The Balaban J connectivity index is 1.57. The molecule has 2 unspecified atom stereocenters. The smallest absolute Gasteiger partial charge is 0.341 e. The van der Waals surface area contributed by atoms with Gasteiger partial charge in [0.25, 0.3) is 5.91 Å². The fraction of sp³-hybridized carbons (Fsp3) is 0.806. The third kappa shape index (κ3) is 10.4. The van der Waals surface area contributed by atoms with Crippen LogP contribution in [0.2, 0.25) is 0 Å². The van der Waals surface area contributed by atoms with Gasteiger partial charge in [0.1, 0.15) is 43.1 Å². The zero-order valence-corrected chi connectivity index (χ0v) is 30.5. The van der Waals surface area contributed by atoms with Gasteiger partial charge in [0, 0.05) is 19.7 Å². The maximum absolute atomic E-state index is 14.5. The van der Waals surface area contributed by atoms with Crippen LogP contribution in [0.4, 0.5) is 0 Å². The van der Waals surface area contributed by atoms with E-state index in [0.717, 1.165) is 12.7 Å². The summed E-state index contributed by atoms with van der Waals surface area (Å²) >= 11 is 0. The Morgan fingerprint density at radius 3 is 2.40 bits per heavy atom. The van der Waals surface area contributed by atoms with E-state index < -0.39 is 120 Å². The van der Waals surface area contributed by atoms with Gasteiger partial charge in [0.05, 0.1) is 31.9 Å². The maximum Gasteiger partial charge on any atom is 0.341 e. The van der Waals surface area contributed by atoms with Crippen LogP contribution in [0.25, 0.3) is 0 Å². The van der Waals surface area contributed by atoms with Crippen LogP contribution in [0.15, 0.2) is 11.6 Å². The predicted molar refractivity (Wildman–Crippen MR) is 179 cm³/mol.